The lowest BCUT2D eigenvalue weighted by Gasteiger charge is -2.40. The smallest absolute Gasteiger partial charge is 0.411 e. The first-order chi connectivity index (χ1) is 11.3. The van der Waals surface area contributed by atoms with Crippen molar-refractivity contribution in [1.82, 2.24) is 9.80 Å². The van der Waals surface area contributed by atoms with Crippen LogP contribution < -0.4 is 0 Å². The maximum Gasteiger partial charge on any atom is 0.411 e. The van der Waals surface area contributed by atoms with E-state index in [1.165, 1.54) is 0 Å². The van der Waals surface area contributed by atoms with Gasteiger partial charge in [0.2, 0.25) is 5.91 Å². The molecule has 24 heavy (non-hydrogen) atoms. The van der Waals surface area contributed by atoms with Crippen LogP contribution >= 0.6 is 0 Å². The summed E-state index contributed by atoms with van der Waals surface area (Å²) in [6.45, 7) is 9.02. The monoisotopic (exact) mass is 332 g/mol. The maximum atomic E-state index is 12.4. The maximum absolute atomic E-state index is 12.4. The van der Waals surface area contributed by atoms with Crippen molar-refractivity contribution in [3.63, 3.8) is 0 Å². The highest BCUT2D eigenvalue weighted by molar-refractivity contribution is 5.84. The summed E-state index contributed by atoms with van der Waals surface area (Å²) in [5, 5.41) is 0. The van der Waals surface area contributed by atoms with Crippen LogP contribution in [0.3, 0.4) is 0 Å². The second-order valence-electron chi connectivity index (χ2n) is 7.11. The number of carbonyl (C=O) groups excluding carboxylic acids is 2. The standard InChI is InChI=1S/C19H28N2O3/c1-5-11-19(3,4)24-18(23)21-14-17(22)20(12-15(21)2)13-16-9-7-6-8-10-16/h6-10,15H,5,11-14H2,1-4H3/t15-/m0/s1. The molecule has 1 aromatic carbocycles. The Bertz CT molecular complexity index is 571. The van der Waals surface area contributed by atoms with Crippen LogP contribution in [-0.2, 0) is 16.1 Å². The molecule has 1 aromatic rings. The lowest BCUT2D eigenvalue weighted by molar-refractivity contribution is -0.138. The highest BCUT2D eigenvalue weighted by Gasteiger charge is 2.35. The van der Waals surface area contributed by atoms with Gasteiger partial charge in [0.25, 0.3) is 0 Å². The largest absolute Gasteiger partial charge is 0.443 e. The van der Waals surface area contributed by atoms with E-state index in [2.05, 4.69) is 6.92 Å². The van der Waals surface area contributed by atoms with Gasteiger partial charge in [-0.1, -0.05) is 43.7 Å². The number of rotatable bonds is 5. The zero-order valence-corrected chi connectivity index (χ0v) is 15.1. The van der Waals surface area contributed by atoms with Crippen LogP contribution in [0.5, 0.6) is 0 Å². The van der Waals surface area contributed by atoms with Gasteiger partial charge in [-0.05, 0) is 32.8 Å². The summed E-state index contributed by atoms with van der Waals surface area (Å²) in [5.74, 6) is -0.0396. The van der Waals surface area contributed by atoms with E-state index >= 15 is 0 Å². The molecule has 0 bridgehead atoms. The SMILES string of the molecule is CCCC(C)(C)OC(=O)N1CC(=O)N(Cc2ccccc2)C[C@@H]1C. The summed E-state index contributed by atoms with van der Waals surface area (Å²) < 4.78 is 5.61. The van der Waals surface area contributed by atoms with Gasteiger partial charge in [-0.2, -0.15) is 0 Å². The van der Waals surface area contributed by atoms with E-state index in [0.29, 0.717) is 13.1 Å². The lowest BCUT2D eigenvalue weighted by atomic mass is 10.0. The van der Waals surface area contributed by atoms with Crippen molar-refractivity contribution < 1.29 is 14.3 Å². The second-order valence-corrected chi connectivity index (χ2v) is 7.11. The Hall–Kier alpha value is -2.04. The summed E-state index contributed by atoms with van der Waals surface area (Å²) in [7, 11) is 0. The van der Waals surface area contributed by atoms with Crippen molar-refractivity contribution in [2.45, 2.75) is 58.7 Å². The first-order valence-corrected chi connectivity index (χ1v) is 8.63. The molecule has 1 heterocycles. The van der Waals surface area contributed by atoms with E-state index in [4.69, 9.17) is 4.74 Å². The Morgan fingerprint density at radius 1 is 1.29 bits per heavy atom. The average Bonchev–Trinajstić information content (AvgIpc) is 2.51. The van der Waals surface area contributed by atoms with E-state index in [0.717, 1.165) is 18.4 Å². The molecule has 0 unspecified atom stereocenters. The Balaban J connectivity index is 1.97. The van der Waals surface area contributed by atoms with Gasteiger partial charge in [0.15, 0.2) is 0 Å². The predicted molar refractivity (Wildman–Crippen MR) is 93.5 cm³/mol. The molecule has 0 saturated carbocycles. The molecule has 1 atom stereocenters. The Morgan fingerprint density at radius 2 is 1.96 bits per heavy atom. The van der Waals surface area contributed by atoms with Crippen LogP contribution in [0.1, 0.15) is 46.1 Å². The van der Waals surface area contributed by atoms with E-state index < -0.39 is 11.7 Å². The quantitative estimate of drug-likeness (QED) is 0.830. The third-order valence-electron chi connectivity index (χ3n) is 4.34. The van der Waals surface area contributed by atoms with Gasteiger partial charge < -0.3 is 9.64 Å². The van der Waals surface area contributed by atoms with Crippen LogP contribution in [0.2, 0.25) is 0 Å². The minimum Gasteiger partial charge on any atom is -0.443 e. The third-order valence-corrected chi connectivity index (χ3v) is 4.34. The van der Waals surface area contributed by atoms with Crippen LogP contribution in [-0.4, -0.2) is 46.5 Å². The van der Waals surface area contributed by atoms with Crippen molar-refractivity contribution in [2.24, 2.45) is 0 Å². The number of hydrogen-bond donors (Lipinski definition) is 0. The van der Waals surface area contributed by atoms with Crippen LogP contribution in [0.4, 0.5) is 4.79 Å². The molecule has 1 fully saturated rings. The molecule has 0 N–H and O–H groups in total. The summed E-state index contributed by atoms with van der Waals surface area (Å²) in [4.78, 5) is 28.2. The Labute approximate surface area is 144 Å². The van der Waals surface area contributed by atoms with Gasteiger partial charge in [-0.25, -0.2) is 4.79 Å². The van der Waals surface area contributed by atoms with Crippen LogP contribution in [0.25, 0.3) is 0 Å². The number of piperazine rings is 1. The van der Waals surface area contributed by atoms with Crippen molar-refractivity contribution in [3.8, 4) is 0 Å². The fourth-order valence-electron chi connectivity index (χ4n) is 3.07. The molecule has 0 aromatic heterocycles. The molecule has 132 valence electrons. The average molecular weight is 332 g/mol. The topological polar surface area (TPSA) is 49.9 Å². The molecule has 1 aliphatic rings. The molecular weight excluding hydrogens is 304 g/mol. The molecule has 0 aliphatic carbocycles. The van der Waals surface area contributed by atoms with E-state index in [1.807, 2.05) is 51.1 Å². The van der Waals surface area contributed by atoms with Gasteiger partial charge in [0.1, 0.15) is 12.1 Å². The fraction of sp³-hybridized carbons (Fsp3) is 0.579. The van der Waals surface area contributed by atoms with Crippen molar-refractivity contribution in [2.75, 3.05) is 13.1 Å². The number of ether oxygens (including phenoxy) is 1. The number of amides is 2. The summed E-state index contributed by atoms with van der Waals surface area (Å²) in [6.07, 6.45) is 1.35. The fourth-order valence-corrected chi connectivity index (χ4v) is 3.07. The first kappa shape index (κ1) is 18.3. The molecular formula is C19H28N2O3. The normalized spacial score (nSPS) is 18.7. The van der Waals surface area contributed by atoms with Gasteiger partial charge in [-0.3, -0.25) is 9.69 Å². The van der Waals surface area contributed by atoms with Crippen molar-refractivity contribution >= 4 is 12.0 Å². The molecule has 2 rings (SSSR count). The number of carbonyl (C=O) groups is 2. The van der Waals surface area contributed by atoms with Gasteiger partial charge in [0, 0.05) is 13.1 Å². The minimum atomic E-state index is -0.504. The van der Waals surface area contributed by atoms with E-state index in [9.17, 15) is 9.59 Å². The summed E-state index contributed by atoms with van der Waals surface area (Å²) in [5.41, 5.74) is 0.591. The van der Waals surface area contributed by atoms with Gasteiger partial charge in [0.05, 0.1) is 6.04 Å². The third kappa shape index (κ3) is 4.73. The molecule has 0 spiro atoms. The predicted octanol–water partition coefficient (Wildman–Crippen LogP) is 3.43. The zero-order chi connectivity index (χ0) is 17.7. The molecule has 0 radical (unpaired) electrons. The zero-order valence-electron chi connectivity index (χ0n) is 15.1. The second kappa shape index (κ2) is 7.69. The van der Waals surface area contributed by atoms with Crippen LogP contribution in [0, 0.1) is 0 Å². The summed E-state index contributed by atoms with van der Waals surface area (Å²) >= 11 is 0. The van der Waals surface area contributed by atoms with E-state index in [-0.39, 0.29) is 18.5 Å². The molecule has 5 heteroatoms. The molecule has 2 amide bonds. The lowest BCUT2D eigenvalue weighted by Crippen LogP contribution is -2.57. The first-order valence-electron chi connectivity index (χ1n) is 8.63. The summed E-state index contributed by atoms with van der Waals surface area (Å²) in [6, 6.07) is 9.84. The highest BCUT2D eigenvalue weighted by atomic mass is 16.6. The molecule has 1 saturated heterocycles. The van der Waals surface area contributed by atoms with Gasteiger partial charge in [-0.15, -0.1) is 0 Å². The Kier molecular flexibility index (Phi) is 5.86. The minimum absolute atomic E-state index is 0.0396. The number of hydrogen-bond acceptors (Lipinski definition) is 3. The highest BCUT2D eigenvalue weighted by Crippen LogP contribution is 2.21. The molecule has 1 aliphatic heterocycles. The Morgan fingerprint density at radius 3 is 2.58 bits per heavy atom. The van der Waals surface area contributed by atoms with Crippen LogP contribution in [0.15, 0.2) is 30.3 Å². The number of nitrogens with zero attached hydrogens (tertiary/aromatic N) is 2. The van der Waals surface area contributed by atoms with Crippen molar-refractivity contribution in [1.29, 1.82) is 0 Å². The van der Waals surface area contributed by atoms with Gasteiger partial charge >= 0.3 is 6.09 Å². The van der Waals surface area contributed by atoms with Crippen molar-refractivity contribution in [3.05, 3.63) is 35.9 Å². The molecule has 5 nitrogen and oxygen atoms in total. The van der Waals surface area contributed by atoms with E-state index in [1.54, 1.807) is 9.80 Å². The number of benzene rings is 1.